The van der Waals surface area contributed by atoms with Gasteiger partial charge in [-0.1, -0.05) is 6.07 Å². The largest absolute Gasteiger partial charge is 0.481 e. The van der Waals surface area contributed by atoms with Crippen LogP contribution < -0.4 is 5.73 Å². The molecule has 1 aliphatic rings. The summed E-state index contributed by atoms with van der Waals surface area (Å²) in [7, 11) is 0. The second-order valence-electron chi connectivity index (χ2n) is 5.17. The standard InChI is InChI=1S/C14H20N4O3/c15-12(8-13(19)20)14(21)18-6-4-17(5-7-18)10-11-2-1-3-16-9-11/h1-3,9,12H,4-8,10,15H2,(H,19,20). The topological polar surface area (TPSA) is 99.8 Å². The number of piperazine rings is 1. The summed E-state index contributed by atoms with van der Waals surface area (Å²) in [4.78, 5) is 30.6. The zero-order chi connectivity index (χ0) is 15.2. The molecule has 2 rings (SSSR count). The minimum atomic E-state index is -1.05. The number of amides is 1. The first-order valence-corrected chi connectivity index (χ1v) is 6.93. The molecular weight excluding hydrogens is 272 g/mol. The Kier molecular flexibility index (Phi) is 5.24. The van der Waals surface area contributed by atoms with Crippen LogP contribution in [0.4, 0.5) is 0 Å². The number of aromatic nitrogens is 1. The Bertz CT molecular complexity index is 486. The van der Waals surface area contributed by atoms with Crippen LogP contribution >= 0.6 is 0 Å². The molecule has 2 heterocycles. The quantitative estimate of drug-likeness (QED) is 0.761. The van der Waals surface area contributed by atoms with E-state index < -0.39 is 12.0 Å². The van der Waals surface area contributed by atoms with Crippen LogP contribution in [0, 0.1) is 0 Å². The van der Waals surface area contributed by atoms with Crippen molar-refractivity contribution in [2.45, 2.75) is 19.0 Å². The number of nitrogens with zero attached hydrogens (tertiary/aromatic N) is 3. The number of carbonyl (C=O) groups excluding carboxylic acids is 1. The molecule has 1 aromatic rings. The lowest BCUT2D eigenvalue weighted by Gasteiger charge is -2.35. The fraction of sp³-hybridized carbons (Fsp3) is 0.500. The van der Waals surface area contributed by atoms with Crippen molar-refractivity contribution in [2.75, 3.05) is 26.2 Å². The molecule has 0 spiro atoms. The van der Waals surface area contributed by atoms with E-state index in [1.165, 1.54) is 0 Å². The Balaban J connectivity index is 1.80. The molecule has 0 radical (unpaired) electrons. The normalized spacial score (nSPS) is 17.5. The molecule has 1 atom stereocenters. The van der Waals surface area contributed by atoms with Gasteiger partial charge >= 0.3 is 5.97 Å². The van der Waals surface area contributed by atoms with Crippen LogP contribution in [-0.2, 0) is 16.1 Å². The molecular formula is C14H20N4O3. The zero-order valence-electron chi connectivity index (χ0n) is 11.8. The van der Waals surface area contributed by atoms with Crippen molar-refractivity contribution in [1.82, 2.24) is 14.8 Å². The van der Waals surface area contributed by atoms with Gasteiger partial charge in [-0.05, 0) is 11.6 Å². The molecule has 0 saturated carbocycles. The minimum absolute atomic E-state index is 0.279. The lowest BCUT2D eigenvalue weighted by molar-refractivity contribution is -0.142. The highest BCUT2D eigenvalue weighted by molar-refractivity contribution is 5.86. The average Bonchev–Trinajstić information content (AvgIpc) is 2.47. The third-order valence-electron chi connectivity index (χ3n) is 3.52. The molecule has 1 fully saturated rings. The molecule has 1 unspecified atom stereocenters. The first-order chi connectivity index (χ1) is 10.1. The highest BCUT2D eigenvalue weighted by Crippen LogP contribution is 2.09. The van der Waals surface area contributed by atoms with Gasteiger partial charge in [-0.25, -0.2) is 0 Å². The maximum atomic E-state index is 12.0. The summed E-state index contributed by atoms with van der Waals surface area (Å²) < 4.78 is 0. The molecule has 1 aromatic heterocycles. The number of hydrogen-bond donors (Lipinski definition) is 2. The highest BCUT2D eigenvalue weighted by Gasteiger charge is 2.26. The van der Waals surface area contributed by atoms with E-state index in [-0.39, 0.29) is 12.3 Å². The van der Waals surface area contributed by atoms with Gasteiger partial charge in [0, 0.05) is 45.1 Å². The summed E-state index contributed by atoms with van der Waals surface area (Å²) in [6.07, 6.45) is 3.25. The molecule has 1 amide bonds. The Labute approximate surface area is 123 Å². The Hall–Kier alpha value is -1.99. The van der Waals surface area contributed by atoms with Gasteiger partial charge in [0.1, 0.15) is 0 Å². The number of nitrogens with two attached hydrogens (primary N) is 1. The highest BCUT2D eigenvalue weighted by atomic mass is 16.4. The smallest absolute Gasteiger partial charge is 0.305 e. The van der Waals surface area contributed by atoms with E-state index in [1.54, 1.807) is 11.1 Å². The average molecular weight is 292 g/mol. The monoisotopic (exact) mass is 292 g/mol. The molecule has 0 aliphatic carbocycles. The van der Waals surface area contributed by atoms with Gasteiger partial charge < -0.3 is 15.7 Å². The Morgan fingerprint density at radius 1 is 1.33 bits per heavy atom. The Morgan fingerprint density at radius 3 is 2.62 bits per heavy atom. The van der Waals surface area contributed by atoms with Crippen LogP contribution in [0.3, 0.4) is 0 Å². The summed E-state index contributed by atoms with van der Waals surface area (Å²) in [6.45, 7) is 3.46. The number of carboxylic acid groups (broad SMARTS) is 1. The van der Waals surface area contributed by atoms with Crippen molar-refractivity contribution in [3.63, 3.8) is 0 Å². The van der Waals surface area contributed by atoms with Crippen LogP contribution in [-0.4, -0.2) is 64.0 Å². The molecule has 21 heavy (non-hydrogen) atoms. The van der Waals surface area contributed by atoms with Crippen molar-refractivity contribution < 1.29 is 14.7 Å². The number of carboxylic acids is 1. The van der Waals surface area contributed by atoms with Crippen LogP contribution in [0.25, 0.3) is 0 Å². The second-order valence-corrected chi connectivity index (χ2v) is 5.17. The second kappa shape index (κ2) is 7.14. The number of rotatable bonds is 5. The van der Waals surface area contributed by atoms with Crippen molar-refractivity contribution in [3.8, 4) is 0 Å². The van der Waals surface area contributed by atoms with Gasteiger partial charge in [-0.2, -0.15) is 0 Å². The van der Waals surface area contributed by atoms with Gasteiger partial charge in [0.2, 0.25) is 5.91 Å². The van der Waals surface area contributed by atoms with Gasteiger partial charge in [0.15, 0.2) is 0 Å². The van der Waals surface area contributed by atoms with Crippen LogP contribution in [0.15, 0.2) is 24.5 Å². The zero-order valence-corrected chi connectivity index (χ0v) is 11.8. The van der Waals surface area contributed by atoms with Crippen LogP contribution in [0.1, 0.15) is 12.0 Å². The fourth-order valence-electron chi connectivity index (χ4n) is 2.39. The first-order valence-electron chi connectivity index (χ1n) is 6.93. The molecule has 0 aromatic carbocycles. The lowest BCUT2D eigenvalue weighted by atomic mass is 10.1. The van der Waals surface area contributed by atoms with E-state index in [2.05, 4.69) is 9.88 Å². The van der Waals surface area contributed by atoms with E-state index in [0.717, 1.165) is 25.2 Å². The van der Waals surface area contributed by atoms with Crippen molar-refractivity contribution >= 4 is 11.9 Å². The third-order valence-corrected chi connectivity index (χ3v) is 3.52. The Morgan fingerprint density at radius 2 is 2.05 bits per heavy atom. The molecule has 3 N–H and O–H groups in total. The van der Waals surface area contributed by atoms with E-state index in [4.69, 9.17) is 10.8 Å². The number of pyridine rings is 1. The van der Waals surface area contributed by atoms with Gasteiger partial charge in [0.25, 0.3) is 0 Å². The maximum Gasteiger partial charge on any atom is 0.305 e. The molecule has 0 bridgehead atoms. The summed E-state index contributed by atoms with van der Waals surface area (Å²) in [5.74, 6) is -1.33. The first kappa shape index (κ1) is 15.4. The van der Waals surface area contributed by atoms with Crippen LogP contribution in [0.2, 0.25) is 0 Å². The van der Waals surface area contributed by atoms with Gasteiger partial charge in [-0.15, -0.1) is 0 Å². The fourth-order valence-corrected chi connectivity index (χ4v) is 2.39. The SMILES string of the molecule is NC(CC(=O)O)C(=O)N1CCN(Cc2cccnc2)CC1. The van der Waals surface area contributed by atoms with E-state index in [9.17, 15) is 9.59 Å². The maximum absolute atomic E-state index is 12.0. The van der Waals surface area contributed by atoms with E-state index in [1.807, 2.05) is 18.3 Å². The minimum Gasteiger partial charge on any atom is -0.481 e. The lowest BCUT2D eigenvalue weighted by Crippen LogP contribution is -2.53. The molecule has 1 aliphatic heterocycles. The van der Waals surface area contributed by atoms with Crippen LogP contribution in [0.5, 0.6) is 0 Å². The number of aliphatic carboxylic acids is 1. The van der Waals surface area contributed by atoms with E-state index in [0.29, 0.717) is 13.1 Å². The number of carbonyl (C=O) groups is 2. The summed E-state index contributed by atoms with van der Waals surface area (Å²) >= 11 is 0. The molecule has 1 saturated heterocycles. The summed E-state index contributed by atoms with van der Waals surface area (Å²) in [5.41, 5.74) is 6.75. The van der Waals surface area contributed by atoms with Crippen molar-refractivity contribution in [1.29, 1.82) is 0 Å². The van der Waals surface area contributed by atoms with E-state index >= 15 is 0 Å². The van der Waals surface area contributed by atoms with Gasteiger partial charge in [0.05, 0.1) is 12.5 Å². The molecule has 114 valence electrons. The summed E-state index contributed by atoms with van der Waals surface area (Å²) in [6, 6.07) is 2.97. The predicted octanol–water partition coefficient (Wildman–Crippen LogP) is -0.472. The predicted molar refractivity (Wildman–Crippen MR) is 76.3 cm³/mol. The van der Waals surface area contributed by atoms with Crippen molar-refractivity contribution in [3.05, 3.63) is 30.1 Å². The molecule has 7 heteroatoms. The summed E-state index contributed by atoms with van der Waals surface area (Å²) in [5, 5.41) is 8.67. The van der Waals surface area contributed by atoms with Crippen molar-refractivity contribution in [2.24, 2.45) is 5.73 Å². The number of hydrogen-bond acceptors (Lipinski definition) is 5. The molecule has 7 nitrogen and oxygen atoms in total. The third kappa shape index (κ3) is 4.51. The van der Waals surface area contributed by atoms with Gasteiger partial charge in [-0.3, -0.25) is 19.5 Å².